The van der Waals surface area contributed by atoms with E-state index in [9.17, 15) is 26.0 Å². The molecule has 10 nitrogen and oxygen atoms in total. The van der Waals surface area contributed by atoms with E-state index in [4.69, 9.17) is 9.47 Å². The van der Waals surface area contributed by atoms with Crippen LogP contribution in [-0.4, -0.2) is 43.5 Å². The standard InChI is InChI=1S/C28H26FN3O7S2/c1-38-26-17-16-25(18-27(26)39-2)41(36,37)32(23-6-4-3-5-7-23)19-28(33)30-21-12-14-24(15-13-21)40(34,35)31-22-10-8-20(29)9-11-22/h3-18,31H,19H2,1-2H3,(H,30,33). The number of carbonyl (C=O) groups is 1. The highest BCUT2D eigenvalue weighted by Crippen LogP contribution is 2.32. The molecular formula is C28H26FN3O7S2. The van der Waals surface area contributed by atoms with Crippen LogP contribution in [0.3, 0.4) is 0 Å². The van der Waals surface area contributed by atoms with Gasteiger partial charge in [0.1, 0.15) is 12.4 Å². The van der Waals surface area contributed by atoms with Gasteiger partial charge in [-0.15, -0.1) is 0 Å². The second-order valence-electron chi connectivity index (χ2n) is 8.55. The molecule has 0 aliphatic carbocycles. The highest BCUT2D eigenvalue weighted by atomic mass is 32.2. The Hall–Kier alpha value is -4.62. The second kappa shape index (κ2) is 12.3. The molecule has 214 valence electrons. The van der Waals surface area contributed by atoms with Crippen LogP contribution in [0.2, 0.25) is 0 Å². The molecule has 0 bridgehead atoms. The summed E-state index contributed by atoms with van der Waals surface area (Å²) in [6.07, 6.45) is 0. The Labute approximate surface area is 237 Å². The van der Waals surface area contributed by atoms with E-state index < -0.39 is 38.3 Å². The molecule has 0 radical (unpaired) electrons. The molecule has 0 saturated carbocycles. The van der Waals surface area contributed by atoms with Crippen LogP contribution in [0.25, 0.3) is 0 Å². The normalized spacial score (nSPS) is 11.4. The van der Waals surface area contributed by atoms with E-state index in [0.717, 1.165) is 16.4 Å². The van der Waals surface area contributed by atoms with E-state index in [0.29, 0.717) is 5.75 Å². The molecule has 4 rings (SSSR count). The molecule has 0 aliphatic heterocycles. The average molecular weight is 600 g/mol. The summed E-state index contributed by atoms with van der Waals surface area (Å²) in [7, 11) is -5.40. The van der Waals surface area contributed by atoms with Crippen molar-refractivity contribution in [2.45, 2.75) is 9.79 Å². The van der Waals surface area contributed by atoms with Gasteiger partial charge in [-0.2, -0.15) is 0 Å². The third kappa shape index (κ3) is 6.94. The molecule has 0 unspecified atom stereocenters. The third-order valence-corrected chi connectivity index (χ3v) is 8.99. The zero-order valence-corrected chi connectivity index (χ0v) is 23.6. The van der Waals surface area contributed by atoms with Gasteiger partial charge in [0, 0.05) is 17.4 Å². The summed E-state index contributed by atoms with van der Waals surface area (Å²) in [4.78, 5) is 12.8. The van der Waals surface area contributed by atoms with Crippen LogP contribution in [-0.2, 0) is 24.8 Å². The summed E-state index contributed by atoms with van der Waals surface area (Å²) >= 11 is 0. The SMILES string of the molecule is COc1ccc(S(=O)(=O)N(CC(=O)Nc2ccc(S(=O)(=O)Nc3ccc(F)cc3)cc2)c2ccccc2)cc1OC. The monoisotopic (exact) mass is 599 g/mol. The molecule has 4 aromatic carbocycles. The van der Waals surface area contributed by atoms with Crippen LogP contribution in [0.15, 0.2) is 107 Å². The van der Waals surface area contributed by atoms with Gasteiger partial charge in [-0.1, -0.05) is 18.2 Å². The van der Waals surface area contributed by atoms with Gasteiger partial charge in [-0.3, -0.25) is 13.8 Å². The number of hydrogen-bond donors (Lipinski definition) is 2. The first kappa shape index (κ1) is 29.4. The zero-order chi connectivity index (χ0) is 29.6. The molecule has 13 heteroatoms. The van der Waals surface area contributed by atoms with Crippen LogP contribution in [0.4, 0.5) is 21.5 Å². The number of rotatable bonds is 11. The fourth-order valence-electron chi connectivity index (χ4n) is 3.79. The summed E-state index contributed by atoms with van der Waals surface area (Å²) in [5.41, 5.74) is 0.679. The van der Waals surface area contributed by atoms with E-state index >= 15 is 0 Å². The number of ether oxygens (including phenoxy) is 2. The smallest absolute Gasteiger partial charge is 0.264 e. The predicted octanol–water partition coefficient (Wildman–Crippen LogP) is 4.48. The van der Waals surface area contributed by atoms with E-state index in [2.05, 4.69) is 10.0 Å². The van der Waals surface area contributed by atoms with Crippen LogP contribution in [0.5, 0.6) is 11.5 Å². The number of anilines is 3. The highest BCUT2D eigenvalue weighted by molar-refractivity contribution is 7.93. The molecule has 0 saturated heterocycles. The van der Waals surface area contributed by atoms with Crippen molar-refractivity contribution < 1.29 is 35.5 Å². The quantitative estimate of drug-likeness (QED) is 0.260. The highest BCUT2D eigenvalue weighted by Gasteiger charge is 2.28. The Bertz CT molecular complexity index is 1730. The minimum atomic E-state index is -4.23. The molecule has 0 atom stereocenters. The zero-order valence-electron chi connectivity index (χ0n) is 21.9. The molecule has 0 aliphatic rings. The van der Waals surface area contributed by atoms with E-state index in [1.165, 1.54) is 68.8 Å². The Kier molecular flexibility index (Phi) is 8.79. The van der Waals surface area contributed by atoms with Gasteiger partial charge in [0.05, 0.1) is 29.7 Å². The van der Waals surface area contributed by atoms with Gasteiger partial charge < -0.3 is 14.8 Å². The van der Waals surface area contributed by atoms with Gasteiger partial charge in [0.2, 0.25) is 5.91 Å². The Morgan fingerprint density at radius 3 is 1.95 bits per heavy atom. The number of para-hydroxylation sites is 1. The molecule has 0 heterocycles. The number of hydrogen-bond acceptors (Lipinski definition) is 7. The summed E-state index contributed by atoms with van der Waals surface area (Å²) in [6.45, 7) is -0.577. The Morgan fingerprint density at radius 1 is 0.756 bits per heavy atom. The van der Waals surface area contributed by atoms with Gasteiger partial charge in [0.15, 0.2) is 11.5 Å². The Morgan fingerprint density at radius 2 is 1.34 bits per heavy atom. The van der Waals surface area contributed by atoms with Crippen molar-refractivity contribution in [1.29, 1.82) is 0 Å². The maximum absolute atomic E-state index is 13.7. The molecule has 4 aromatic rings. The molecule has 0 fully saturated rings. The third-order valence-electron chi connectivity index (χ3n) is 5.82. The number of carbonyl (C=O) groups excluding carboxylic acids is 1. The van der Waals surface area contributed by atoms with Crippen molar-refractivity contribution in [2.24, 2.45) is 0 Å². The molecular weight excluding hydrogens is 573 g/mol. The lowest BCUT2D eigenvalue weighted by Crippen LogP contribution is -2.38. The predicted molar refractivity (Wildman–Crippen MR) is 153 cm³/mol. The molecule has 0 spiro atoms. The number of halogens is 1. The number of methoxy groups -OCH3 is 2. The number of amides is 1. The average Bonchev–Trinajstić information content (AvgIpc) is 2.97. The van der Waals surface area contributed by atoms with Crippen molar-refractivity contribution in [1.82, 2.24) is 0 Å². The summed E-state index contributed by atoms with van der Waals surface area (Å²) < 4.78 is 79.5. The summed E-state index contributed by atoms with van der Waals surface area (Å²) in [5, 5.41) is 2.59. The maximum atomic E-state index is 13.7. The van der Waals surface area contributed by atoms with Gasteiger partial charge >= 0.3 is 0 Å². The van der Waals surface area contributed by atoms with Crippen molar-refractivity contribution in [2.75, 3.05) is 35.1 Å². The van der Waals surface area contributed by atoms with E-state index in [-0.39, 0.29) is 32.6 Å². The van der Waals surface area contributed by atoms with Crippen LogP contribution in [0.1, 0.15) is 0 Å². The van der Waals surface area contributed by atoms with E-state index in [1.807, 2.05) is 0 Å². The van der Waals surface area contributed by atoms with Gasteiger partial charge in [-0.05, 0) is 72.8 Å². The molecule has 2 N–H and O–H groups in total. The largest absolute Gasteiger partial charge is 0.493 e. The van der Waals surface area contributed by atoms with Gasteiger partial charge in [-0.25, -0.2) is 21.2 Å². The lowest BCUT2D eigenvalue weighted by Gasteiger charge is -2.24. The van der Waals surface area contributed by atoms with Crippen LogP contribution in [0, 0.1) is 5.82 Å². The first-order chi connectivity index (χ1) is 19.5. The fourth-order valence-corrected chi connectivity index (χ4v) is 6.29. The second-order valence-corrected chi connectivity index (χ2v) is 12.1. The summed E-state index contributed by atoms with van der Waals surface area (Å²) in [5.74, 6) is -0.628. The summed E-state index contributed by atoms with van der Waals surface area (Å²) in [6, 6.07) is 22.3. The Balaban J connectivity index is 1.54. The van der Waals surface area contributed by atoms with Crippen molar-refractivity contribution in [3.05, 3.63) is 103 Å². The van der Waals surface area contributed by atoms with Crippen LogP contribution < -0.4 is 23.8 Å². The fraction of sp³-hybridized carbons (Fsp3) is 0.107. The molecule has 0 aromatic heterocycles. The number of sulfonamides is 2. The minimum absolute atomic E-state index is 0.0956. The minimum Gasteiger partial charge on any atom is -0.493 e. The van der Waals surface area contributed by atoms with Crippen molar-refractivity contribution >= 4 is 43.0 Å². The van der Waals surface area contributed by atoms with Gasteiger partial charge in [0.25, 0.3) is 20.0 Å². The number of nitrogens with one attached hydrogen (secondary N) is 2. The first-order valence-corrected chi connectivity index (χ1v) is 14.9. The molecule has 41 heavy (non-hydrogen) atoms. The maximum Gasteiger partial charge on any atom is 0.264 e. The number of nitrogens with zero attached hydrogens (tertiary/aromatic N) is 1. The van der Waals surface area contributed by atoms with Crippen molar-refractivity contribution in [3.8, 4) is 11.5 Å². The lowest BCUT2D eigenvalue weighted by molar-refractivity contribution is -0.114. The number of benzene rings is 4. The first-order valence-electron chi connectivity index (χ1n) is 12.0. The van der Waals surface area contributed by atoms with E-state index in [1.54, 1.807) is 30.3 Å². The van der Waals surface area contributed by atoms with Crippen molar-refractivity contribution in [3.63, 3.8) is 0 Å². The lowest BCUT2D eigenvalue weighted by atomic mass is 10.3. The van der Waals surface area contributed by atoms with Crippen LogP contribution >= 0.6 is 0 Å². The molecule has 1 amide bonds. The topological polar surface area (TPSA) is 131 Å².